The van der Waals surface area contributed by atoms with E-state index in [9.17, 15) is 4.79 Å². The number of morpholine rings is 1. The number of nitrogens with zero attached hydrogens (tertiary/aromatic N) is 2. The zero-order chi connectivity index (χ0) is 14.7. The van der Waals surface area contributed by atoms with Crippen molar-refractivity contribution in [2.75, 3.05) is 52.5 Å². The van der Waals surface area contributed by atoms with Crippen LogP contribution in [0.1, 0.15) is 32.6 Å². The van der Waals surface area contributed by atoms with Gasteiger partial charge in [0.05, 0.1) is 25.4 Å². The fourth-order valence-corrected chi connectivity index (χ4v) is 4.02. The number of carbonyl (C=O) groups excluding carboxylic acids is 1. The summed E-state index contributed by atoms with van der Waals surface area (Å²) in [4.78, 5) is 16.5. The van der Waals surface area contributed by atoms with Crippen molar-refractivity contribution in [3.8, 4) is 0 Å². The van der Waals surface area contributed by atoms with Crippen LogP contribution in [0.25, 0.3) is 0 Å². The zero-order valence-electron chi connectivity index (χ0n) is 13.2. The van der Waals surface area contributed by atoms with Crippen LogP contribution in [0.4, 0.5) is 0 Å². The Morgan fingerprint density at radius 3 is 2.86 bits per heavy atom. The molecule has 0 saturated carbocycles. The predicted octanol–water partition coefficient (Wildman–Crippen LogP) is 1.13. The molecular weight excluding hydrogens is 268 g/mol. The van der Waals surface area contributed by atoms with E-state index in [-0.39, 0.29) is 11.5 Å². The number of hydrogen-bond acceptors (Lipinski definition) is 4. The van der Waals surface area contributed by atoms with Gasteiger partial charge in [0, 0.05) is 39.1 Å². The quantitative estimate of drug-likeness (QED) is 0.783. The van der Waals surface area contributed by atoms with Gasteiger partial charge in [-0.15, -0.1) is 0 Å². The normalized spacial score (nSPS) is 34.5. The zero-order valence-corrected chi connectivity index (χ0v) is 13.2. The van der Waals surface area contributed by atoms with E-state index in [0.717, 1.165) is 71.8 Å². The highest BCUT2D eigenvalue weighted by Crippen LogP contribution is 2.38. The number of hydrogen-bond donors (Lipinski definition) is 0. The molecule has 3 fully saturated rings. The lowest BCUT2D eigenvalue weighted by Gasteiger charge is -2.40. The van der Waals surface area contributed by atoms with Gasteiger partial charge in [0.15, 0.2) is 0 Å². The van der Waals surface area contributed by atoms with Crippen molar-refractivity contribution in [1.29, 1.82) is 0 Å². The van der Waals surface area contributed by atoms with Crippen LogP contribution in [0.15, 0.2) is 0 Å². The number of piperidine rings is 1. The van der Waals surface area contributed by atoms with E-state index in [1.807, 2.05) is 11.8 Å². The summed E-state index contributed by atoms with van der Waals surface area (Å²) in [5, 5.41) is 0. The Balaban J connectivity index is 1.53. The molecule has 5 heteroatoms. The van der Waals surface area contributed by atoms with Gasteiger partial charge in [0.25, 0.3) is 0 Å². The van der Waals surface area contributed by atoms with Crippen LogP contribution in [0.2, 0.25) is 0 Å². The van der Waals surface area contributed by atoms with Gasteiger partial charge in [-0.3, -0.25) is 9.69 Å². The molecule has 0 aliphatic carbocycles. The Morgan fingerprint density at radius 2 is 2.10 bits per heavy atom. The van der Waals surface area contributed by atoms with E-state index in [4.69, 9.17) is 9.47 Å². The highest BCUT2D eigenvalue weighted by Gasteiger charge is 2.44. The fourth-order valence-electron chi connectivity index (χ4n) is 4.02. The maximum Gasteiger partial charge on any atom is 0.222 e. The molecule has 1 amide bonds. The van der Waals surface area contributed by atoms with Gasteiger partial charge in [0.2, 0.25) is 5.91 Å². The summed E-state index contributed by atoms with van der Waals surface area (Å²) in [7, 11) is 0. The topological polar surface area (TPSA) is 42.0 Å². The van der Waals surface area contributed by atoms with E-state index in [0.29, 0.717) is 12.3 Å². The lowest BCUT2D eigenvalue weighted by molar-refractivity contribution is -0.138. The number of carbonyl (C=O) groups is 1. The molecule has 0 N–H and O–H groups in total. The Hall–Kier alpha value is -0.650. The molecule has 0 aromatic rings. The number of likely N-dealkylation sites (tertiary alicyclic amines) is 1. The van der Waals surface area contributed by atoms with E-state index < -0.39 is 0 Å². The number of ether oxygens (including phenoxy) is 2. The lowest BCUT2D eigenvalue weighted by Crippen LogP contribution is -2.50. The third-order valence-electron chi connectivity index (χ3n) is 5.10. The number of amides is 1. The van der Waals surface area contributed by atoms with E-state index >= 15 is 0 Å². The minimum atomic E-state index is -0.0555. The van der Waals surface area contributed by atoms with Crippen LogP contribution in [0.5, 0.6) is 0 Å². The molecule has 2 unspecified atom stereocenters. The Kier molecular flexibility index (Phi) is 4.82. The molecule has 0 radical (unpaired) electrons. The second-order valence-electron chi connectivity index (χ2n) is 6.75. The summed E-state index contributed by atoms with van der Waals surface area (Å²) >= 11 is 0. The third kappa shape index (κ3) is 3.58. The molecule has 3 aliphatic rings. The largest absolute Gasteiger partial charge is 0.379 e. The van der Waals surface area contributed by atoms with Crippen molar-refractivity contribution in [2.24, 2.45) is 5.92 Å². The van der Waals surface area contributed by atoms with Gasteiger partial charge in [-0.05, 0) is 25.2 Å². The Morgan fingerprint density at radius 1 is 1.29 bits per heavy atom. The van der Waals surface area contributed by atoms with Crippen LogP contribution in [-0.4, -0.2) is 73.9 Å². The lowest BCUT2D eigenvalue weighted by atomic mass is 9.86. The third-order valence-corrected chi connectivity index (χ3v) is 5.10. The molecule has 5 nitrogen and oxygen atoms in total. The monoisotopic (exact) mass is 296 g/mol. The molecule has 21 heavy (non-hydrogen) atoms. The van der Waals surface area contributed by atoms with E-state index in [2.05, 4.69) is 4.90 Å². The van der Waals surface area contributed by atoms with Crippen molar-refractivity contribution >= 4 is 5.91 Å². The minimum Gasteiger partial charge on any atom is -0.379 e. The van der Waals surface area contributed by atoms with Gasteiger partial charge in [-0.2, -0.15) is 0 Å². The maximum absolute atomic E-state index is 12.0. The van der Waals surface area contributed by atoms with Crippen LogP contribution in [0.3, 0.4) is 0 Å². The molecule has 0 bridgehead atoms. The Bertz CT molecular complexity index is 371. The number of rotatable bonds is 3. The molecule has 120 valence electrons. The van der Waals surface area contributed by atoms with Gasteiger partial charge in [-0.1, -0.05) is 6.92 Å². The first-order valence-electron chi connectivity index (χ1n) is 8.43. The summed E-state index contributed by atoms with van der Waals surface area (Å²) in [6, 6.07) is 0. The van der Waals surface area contributed by atoms with Crippen LogP contribution in [0, 0.1) is 5.92 Å². The van der Waals surface area contributed by atoms with E-state index in [1.54, 1.807) is 0 Å². The average Bonchev–Trinajstić information content (AvgIpc) is 2.89. The van der Waals surface area contributed by atoms with Gasteiger partial charge in [0.1, 0.15) is 0 Å². The highest BCUT2D eigenvalue weighted by atomic mass is 16.5. The molecule has 3 heterocycles. The first-order chi connectivity index (χ1) is 10.2. The van der Waals surface area contributed by atoms with Gasteiger partial charge < -0.3 is 14.4 Å². The molecular formula is C16H28N2O3. The molecule has 2 atom stereocenters. The van der Waals surface area contributed by atoms with Crippen LogP contribution < -0.4 is 0 Å². The molecule has 3 aliphatic heterocycles. The standard InChI is InChI=1S/C16H28N2O3/c1-2-15(19)18-5-3-4-16(13-18)10-14(12-21-16)11-17-6-8-20-9-7-17/h14H,2-13H2,1H3. The fraction of sp³-hybridized carbons (Fsp3) is 0.938. The Labute approximate surface area is 127 Å². The molecule has 3 saturated heterocycles. The summed E-state index contributed by atoms with van der Waals surface area (Å²) < 4.78 is 11.6. The SMILES string of the molecule is CCC(=O)N1CCCC2(CC(CN3CCOCC3)CO2)C1. The van der Waals surface area contributed by atoms with Crippen LogP contribution in [-0.2, 0) is 14.3 Å². The molecule has 0 aromatic carbocycles. The summed E-state index contributed by atoms with van der Waals surface area (Å²) in [6.45, 7) is 9.44. The van der Waals surface area contributed by atoms with Crippen molar-refractivity contribution in [1.82, 2.24) is 9.80 Å². The van der Waals surface area contributed by atoms with Crippen molar-refractivity contribution in [2.45, 2.75) is 38.2 Å². The smallest absolute Gasteiger partial charge is 0.222 e. The molecule has 0 aromatic heterocycles. The second kappa shape index (κ2) is 6.63. The predicted molar refractivity (Wildman–Crippen MR) is 80.2 cm³/mol. The van der Waals surface area contributed by atoms with Crippen molar-refractivity contribution in [3.63, 3.8) is 0 Å². The highest BCUT2D eigenvalue weighted by molar-refractivity contribution is 5.76. The molecule has 1 spiro atoms. The maximum atomic E-state index is 12.0. The minimum absolute atomic E-state index is 0.0555. The summed E-state index contributed by atoms with van der Waals surface area (Å²) in [6.07, 6.45) is 3.90. The van der Waals surface area contributed by atoms with Crippen molar-refractivity contribution in [3.05, 3.63) is 0 Å². The average molecular weight is 296 g/mol. The summed E-state index contributed by atoms with van der Waals surface area (Å²) in [5.41, 5.74) is -0.0555. The van der Waals surface area contributed by atoms with Gasteiger partial charge >= 0.3 is 0 Å². The second-order valence-corrected chi connectivity index (χ2v) is 6.75. The molecule has 3 rings (SSSR count). The first-order valence-corrected chi connectivity index (χ1v) is 8.43. The van der Waals surface area contributed by atoms with Crippen LogP contribution >= 0.6 is 0 Å². The van der Waals surface area contributed by atoms with E-state index in [1.165, 1.54) is 0 Å². The summed E-state index contributed by atoms with van der Waals surface area (Å²) in [5.74, 6) is 0.883. The van der Waals surface area contributed by atoms with Crippen molar-refractivity contribution < 1.29 is 14.3 Å². The van der Waals surface area contributed by atoms with Gasteiger partial charge in [-0.25, -0.2) is 0 Å². The first kappa shape index (κ1) is 15.3.